The minimum Gasteiger partial charge on any atom is -0.331 e. The van der Waals surface area contributed by atoms with Gasteiger partial charge in [0.15, 0.2) is 0 Å². The molecule has 1 aromatic carbocycles. The Balaban J connectivity index is 1.24. The summed E-state index contributed by atoms with van der Waals surface area (Å²) in [6.07, 6.45) is -3.92. The maximum absolute atomic E-state index is 13.5. The Hall–Kier alpha value is -2.53. The van der Waals surface area contributed by atoms with Gasteiger partial charge in [-0.2, -0.15) is 13.2 Å². The average molecular weight is 468 g/mol. The molecule has 4 fully saturated rings. The SMILES string of the molecule is N[C@@H](CN1CC23C[C@H]2C1C(=O)N3Cc1cccc(F)c1)C(=O)N1CCCC1C(=O)C(F)(F)F. The minimum absolute atomic E-state index is 0.0325. The molecule has 178 valence electrons. The van der Waals surface area contributed by atoms with E-state index in [1.807, 2.05) is 4.90 Å². The fourth-order valence-corrected chi connectivity index (χ4v) is 5.98. The van der Waals surface area contributed by atoms with Crippen LogP contribution in [-0.4, -0.2) is 81.8 Å². The quantitative estimate of drug-likeness (QED) is 0.631. The average Bonchev–Trinajstić information content (AvgIpc) is 3.05. The molecule has 1 saturated carbocycles. The standard InChI is InChI=1S/C22H24F4N4O3/c23-13-4-1-3-12(7-13)9-30-20(33)17-14-8-21(14,30)11-28(17)10-15(27)19(32)29-6-2-5-16(29)18(31)22(24,25)26/h1,3-4,7,14-17H,2,5-6,8-11,27H2/t14-,15-,16?,17?,21?/m0/s1. The van der Waals surface area contributed by atoms with Crippen molar-refractivity contribution in [1.29, 1.82) is 0 Å². The van der Waals surface area contributed by atoms with Crippen molar-refractivity contribution in [2.75, 3.05) is 19.6 Å². The fourth-order valence-electron chi connectivity index (χ4n) is 5.98. The number of nitrogens with zero attached hydrogens (tertiary/aromatic N) is 3. The first-order valence-electron chi connectivity index (χ1n) is 11.0. The molecule has 2 bridgehead atoms. The third-order valence-corrected chi connectivity index (χ3v) is 7.51. The Kier molecular flexibility index (Phi) is 5.06. The molecule has 1 aliphatic carbocycles. The number of halogens is 4. The van der Waals surface area contributed by atoms with E-state index in [1.165, 1.54) is 12.1 Å². The monoisotopic (exact) mass is 468 g/mol. The number of piperidine rings is 2. The number of hydrogen-bond donors (Lipinski definition) is 1. The highest BCUT2D eigenvalue weighted by molar-refractivity contribution is 5.94. The molecule has 5 atom stereocenters. The van der Waals surface area contributed by atoms with Crippen molar-refractivity contribution in [1.82, 2.24) is 14.7 Å². The first-order valence-corrected chi connectivity index (χ1v) is 11.0. The molecule has 0 spiro atoms. The number of nitrogens with two attached hydrogens (primary N) is 1. The van der Waals surface area contributed by atoms with Gasteiger partial charge < -0.3 is 15.5 Å². The summed E-state index contributed by atoms with van der Waals surface area (Å²) in [6, 6.07) is 2.99. The van der Waals surface area contributed by atoms with E-state index >= 15 is 0 Å². The van der Waals surface area contributed by atoms with Gasteiger partial charge in [0, 0.05) is 32.1 Å². The summed E-state index contributed by atoms with van der Waals surface area (Å²) in [5.41, 5.74) is 6.40. The van der Waals surface area contributed by atoms with Gasteiger partial charge in [-0.15, -0.1) is 0 Å². The fraction of sp³-hybridized carbons (Fsp3) is 0.591. The minimum atomic E-state index is -5.01. The predicted octanol–water partition coefficient (Wildman–Crippen LogP) is 1.06. The lowest BCUT2D eigenvalue weighted by molar-refractivity contribution is -0.177. The zero-order valence-corrected chi connectivity index (χ0v) is 17.7. The Morgan fingerprint density at radius 2 is 2.03 bits per heavy atom. The smallest absolute Gasteiger partial charge is 0.331 e. The normalized spacial score (nSPS) is 31.8. The molecule has 3 saturated heterocycles. The number of ketones is 1. The lowest BCUT2D eigenvalue weighted by Crippen LogP contribution is -2.60. The summed E-state index contributed by atoms with van der Waals surface area (Å²) in [5, 5.41) is 0. The summed E-state index contributed by atoms with van der Waals surface area (Å²) >= 11 is 0. The molecule has 4 aliphatic rings. The lowest BCUT2D eigenvalue weighted by Gasteiger charge is -2.40. The Bertz CT molecular complexity index is 1020. The maximum atomic E-state index is 13.5. The van der Waals surface area contributed by atoms with Crippen molar-refractivity contribution in [2.24, 2.45) is 11.7 Å². The number of hydrogen-bond acceptors (Lipinski definition) is 5. The summed E-state index contributed by atoms with van der Waals surface area (Å²) in [7, 11) is 0. The number of rotatable bonds is 6. The van der Waals surface area contributed by atoms with E-state index in [0.29, 0.717) is 25.1 Å². The van der Waals surface area contributed by atoms with Crippen LogP contribution in [-0.2, 0) is 20.9 Å². The molecule has 5 rings (SSSR count). The number of Topliss-reactive ketones (excluding diaryl/α,β-unsaturated/α-hetero) is 1. The molecule has 0 radical (unpaired) electrons. The Morgan fingerprint density at radius 3 is 2.70 bits per heavy atom. The summed E-state index contributed by atoms with van der Waals surface area (Å²) < 4.78 is 52.2. The maximum Gasteiger partial charge on any atom is 0.452 e. The van der Waals surface area contributed by atoms with Crippen molar-refractivity contribution in [3.63, 3.8) is 0 Å². The van der Waals surface area contributed by atoms with Gasteiger partial charge in [0.2, 0.25) is 11.8 Å². The van der Waals surface area contributed by atoms with Crippen molar-refractivity contribution >= 4 is 17.6 Å². The second-order valence-corrected chi connectivity index (χ2v) is 9.50. The van der Waals surface area contributed by atoms with Gasteiger partial charge in [0.1, 0.15) is 5.82 Å². The van der Waals surface area contributed by atoms with E-state index in [0.717, 1.165) is 11.3 Å². The van der Waals surface area contributed by atoms with E-state index in [1.54, 1.807) is 17.0 Å². The van der Waals surface area contributed by atoms with Crippen LogP contribution < -0.4 is 5.73 Å². The molecule has 1 aromatic rings. The number of carbonyl (C=O) groups is 3. The zero-order valence-electron chi connectivity index (χ0n) is 17.7. The molecule has 2 amide bonds. The van der Waals surface area contributed by atoms with Crippen LogP contribution >= 0.6 is 0 Å². The van der Waals surface area contributed by atoms with Crippen LogP contribution in [0, 0.1) is 11.7 Å². The summed E-state index contributed by atoms with van der Waals surface area (Å²) in [4.78, 5) is 42.1. The van der Waals surface area contributed by atoms with Crippen LogP contribution in [0.1, 0.15) is 24.8 Å². The highest BCUT2D eigenvalue weighted by Gasteiger charge is 2.76. The van der Waals surface area contributed by atoms with E-state index < -0.39 is 36.0 Å². The summed E-state index contributed by atoms with van der Waals surface area (Å²) in [6.45, 7) is 0.896. The molecular weight excluding hydrogens is 444 g/mol. The molecule has 3 heterocycles. The van der Waals surface area contributed by atoms with Gasteiger partial charge in [0.05, 0.1) is 23.7 Å². The summed E-state index contributed by atoms with van der Waals surface area (Å²) in [5.74, 6) is -3.00. The first-order chi connectivity index (χ1) is 15.5. The van der Waals surface area contributed by atoms with E-state index in [2.05, 4.69) is 0 Å². The molecule has 2 N–H and O–H groups in total. The lowest BCUT2D eigenvalue weighted by atomic mass is 10.1. The van der Waals surface area contributed by atoms with Crippen molar-refractivity contribution in [3.8, 4) is 0 Å². The highest BCUT2D eigenvalue weighted by Crippen LogP contribution is 2.63. The Labute approximate surface area is 187 Å². The van der Waals surface area contributed by atoms with Gasteiger partial charge in [-0.3, -0.25) is 19.3 Å². The molecule has 3 unspecified atom stereocenters. The largest absolute Gasteiger partial charge is 0.452 e. The van der Waals surface area contributed by atoms with Crippen LogP contribution in [0.4, 0.5) is 17.6 Å². The van der Waals surface area contributed by atoms with E-state index in [9.17, 15) is 31.9 Å². The number of alkyl halides is 3. The number of likely N-dealkylation sites (tertiary alicyclic amines) is 3. The van der Waals surface area contributed by atoms with Crippen molar-refractivity contribution < 1.29 is 31.9 Å². The van der Waals surface area contributed by atoms with Gasteiger partial charge in [-0.1, -0.05) is 12.1 Å². The highest BCUT2D eigenvalue weighted by atomic mass is 19.4. The van der Waals surface area contributed by atoms with E-state index in [4.69, 9.17) is 5.73 Å². The van der Waals surface area contributed by atoms with Crippen LogP contribution in [0.15, 0.2) is 24.3 Å². The second-order valence-electron chi connectivity index (χ2n) is 9.50. The van der Waals surface area contributed by atoms with E-state index in [-0.39, 0.29) is 42.7 Å². The number of piperazine rings is 1. The second kappa shape index (κ2) is 7.49. The van der Waals surface area contributed by atoms with Crippen molar-refractivity contribution in [2.45, 2.75) is 55.6 Å². The van der Waals surface area contributed by atoms with Crippen molar-refractivity contribution in [3.05, 3.63) is 35.6 Å². The topological polar surface area (TPSA) is 86.9 Å². The third-order valence-electron chi connectivity index (χ3n) is 7.51. The van der Waals surface area contributed by atoms with Crippen LogP contribution in [0.2, 0.25) is 0 Å². The van der Waals surface area contributed by atoms with Crippen LogP contribution in [0.5, 0.6) is 0 Å². The van der Waals surface area contributed by atoms with Gasteiger partial charge in [-0.25, -0.2) is 4.39 Å². The molecule has 11 heteroatoms. The molecular formula is C22H24F4N4O3. The number of carbonyl (C=O) groups excluding carboxylic acids is 3. The number of amides is 2. The zero-order chi connectivity index (χ0) is 23.7. The molecule has 3 aliphatic heterocycles. The molecule has 33 heavy (non-hydrogen) atoms. The first kappa shape index (κ1) is 22.3. The molecule has 0 aromatic heterocycles. The predicted molar refractivity (Wildman–Crippen MR) is 107 cm³/mol. The van der Waals surface area contributed by atoms with Gasteiger partial charge >= 0.3 is 6.18 Å². The number of benzene rings is 1. The van der Waals surface area contributed by atoms with Gasteiger partial charge in [-0.05, 0) is 37.0 Å². The third kappa shape index (κ3) is 3.52. The Morgan fingerprint density at radius 1 is 1.27 bits per heavy atom. The van der Waals surface area contributed by atoms with Crippen LogP contribution in [0.3, 0.4) is 0 Å². The van der Waals surface area contributed by atoms with Crippen LogP contribution in [0.25, 0.3) is 0 Å². The van der Waals surface area contributed by atoms with Gasteiger partial charge in [0.25, 0.3) is 5.78 Å². The molecule has 7 nitrogen and oxygen atoms in total.